The molecule has 1 aliphatic heterocycles. The predicted molar refractivity (Wildman–Crippen MR) is 52.1 cm³/mol. The van der Waals surface area contributed by atoms with Crippen molar-refractivity contribution in [2.45, 2.75) is 38.3 Å². The number of rotatable bonds is 3. The summed E-state index contributed by atoms with van der Waals surface area (Å²) in [7, 11) is 0. The van der Waals surface area contributed by atoms with Crippen molar-refractivity contribution in [2.24, 2.45) is 0 Å². The van der Waals surface area contributed by atoms with Gasteiger partial charge in [-0.3, -0.25) is 4.79 Å². The third-order valence-corrected chi connectivity index (χ3v) is 2.35. The van der Waals surface area contributed by atoms with Crippen molar-refractivity contribution in [3.63, 3.8) is 0 Å². The maximum absolute atomic E-state index is 11.0. The number of nitrogens with one attached hydrogen (secondary N) is 2. The predicted octanol–water partition coefficient (Wildman–Crippen LogP) is 0.266. The Balaban J connectivity index is 2.26. The first-order valence-corrected chi connectivity index (χ1v) is 4.70. The van der Waals surface area contributed by atoms with Gasteiger partial charge in [-0.1, -0.05) is 0 Å². The van der Waals surface area contributed by atoms with Crippen LogP contribution in [0, 0.1) is 12.3 Å². The first-order valence-electron chi connectivity index (χ1n) is 4.70. The molecule has 3 heteroatoms. The van der Waals surface area contributed by atoms with E-state index in [2.05, 4.69) is 16.6 Å². The molecule has 0 bridgehead atoms. The van der Waals surface area contributed by atoms with E-state index in [-0.39, 0.29) is 11.9 Å². The van der Waals surface area contributed by atoms with E-state index in [4.69, 9.17) is 6.42 Å². The van der Waals surface area contributed by atoms with Crippen LogP contribution in [0.2, 0.25) is 0 Å². The third-order valence-electron chi connectivity index (χ3n) is 2.35. The molecule has 0 aromatic rings. The van der Waals surface area contributed by atoms with E-state index in [1.54, 1.807) is 0 Å². The molecule has 1 amide bonds. The van der Waals surface area contributed by atoms with Crippen LogP contribution in [-0.2, 0) is 4.79 Å². The minimum Gasteiger partial charge on any atom is -0.352 e. The zero-order valence-corrected chi connectivity index (χ0v) is 7.97. The van der Waals surface area contributed by atoms with Crippen LogP contribution >= 0.6 is 0 Å². The number of terminal acetylenes is 1. The van der Waals surface area contributed by atoms with Crippen LogP contribution in [0.4, 0.5) is 0 Å². The summed E-state index contributed by atoms with van der Waals surface area (Å²) < 4.78 is 0. The molecule has 13 heavy (non-hydrogen) atoms. The highest BCUT2D eigenvalue weighted by molar-refractivity contribution is 5.77. The van der Waals surface area contributed by atoms with Gasteiger partial charge in [0.25, 0.3) is 0 Å². The quantitative estimate of drug-likeness (QED) is 0.483. The molecular formula is C10H16N2O. The molecule has 1 saturated heterocycles. The maximum atomic E-state index is 11.0. The lowest BCUT2D eigenvalue weighted by atomic mass is 9.99. The van der Waals surface area contributed by atoms with Crippen LogP contribution in [-0.4, -0.2) is 24.5 Å². The molecule has 0 aromatic heterocycles. The molecule has 0 spiro atoms. The van der Waals surface area contributed by atoms with Crippen LogP contribution in [0.25, 0.3) is 0 Å². The molecule has 0 aliphatic carbocycles. The Bertz CT molecular complexity index is 219. The Morgan fingerprint density at radius 3 is 3.15 bits per heavy atom. The highest BCUT2D eigenvalue weighted by atomic mass is 16.1. The van der Waals surface area contributed by atoms with Gasteiger partial charge < -0.3 is 10.6 Å². The molecule has 0 saturated carbocycles. The van der Waals surface area contributed by atoms with Gasteiger partial charge >= 0.3 is 0 Å². The summed E-state index contributed by atoms with van der Waals surface area (Å²) in [6.07, 6.45) is 7.43. The van der Waals surface area contributed by atoms with Gasteiger partial charge in [-0.15, -0.1) is 12.3 Å². The van der Waals surface area contributed by atoms with E-state index in [9.17, 15) is 4.79 Å². The zero-order valence-electron chi connectivity index (χ0n) is 7.97. The van der Waals surface area contributed by atoms with E-state index < -0.39 is 0 Å². The molecule has 2 N–H and O–H groups in total. The standard InChI is InChI=1S/C10H16N2O/c1-3-4-7-11-9-5-6-10(13)12-8(9)2/h1,8-9,11H,4-7H2,2H3,(H,12,13). The fourth-order valence-corrected chi connectivity index (χ4v) is 1.57. The highest BCUT2D eigenvalue weighted by Gasteiger charge is 2.23. The monoisotopic (exact) mass is 180 g/mol. The van der Waals surface area contributed by atoms with Crippen molar-refractivity contribution in [1.29, 1.82) is 0 Å². The van der Waals surface area contributed by atoms with Crippen molar-refractivity contribution in [3.8, 4) is 12.3 Å². The first kappa shape index (κ1) is 10.1. The van der Waals surface area contributed by atoms with Crippen LogP contribution in [0.5, 0.6) is 0 Å². The van der Waals surface area contributed by atoms with Gasteiger partial charge in [0.2, 0.25) is 5.91 Å². The van der Waals surface area contributed by atoms with E-state index in [0.717, 1.165) is 19.4 Å². The Morgan fingerprint density at radius 2 is 2.54 bits per heavy atom. The highest BCUT2D eigenvalue weighted by Crippen LogP contribution is 2.08. The molecular weight excluding hydrogens is 164 g/mol. The minimum absolute atomic E-state index is 0.155. The van der Waals surface area contributed by atoms with Crippen LogP contribution in [0.1, 0.15) is 26.2 Å². The lowest BCUT2D eigenvalue weighted by Gasteiger charge is -2.30. The lowest BCUT2D eigenvalue weighted by Crippen LogP contribution is -2.52. The number of hydrogen-bond donors (Lipinski definition) is 2. The third kappa shape index (κ3) is 3.08. The van der Waals surface area contributed by atoms with Crippen molar-refractivity contribution in [2.75, 3.05) is 6.54 Å². The molecule has 72 valence electrons. The van der Waals surface area contributed by atoms with E-state index in [1.165, 1.54) is 0 Å². The Kier molecular flexibility index (Phi) is 3.78. The SMILES string of the molecule is C#CCCNC1CCC(=O)NC1C. The summed E-state index contributed by atoms with van der Waals surface area (Å²) in [5.74, 6) is 2.74. The topological polar surface area (TPSA) is 41.1 Å². The van der Waals surface area contributed by atoms with Gasteiger partial charge in [0.05, 0.1) is 0 Å². The molecule has 0 aromatic carbocycles. The van der Waals surface area contributed by atoms with Gasteiger partial charge in [0.15, 0.2) is 0 Å². The molecule has 0 radical (unpaired) electrons. The van der Waals surface area contributed by atoms with Crippen LogP contribution in [0.15, 0.2) is 0 Å². The molecule has 2 unspecified atom stereocenters. The Hall–Kier alpha value is -1.01. The van der Waals surface area contributed by atoms with Crippen molar-refractivity contribution < 1.29 is 4.79 Å². The second kappa shape index (κ2) is 4.88. The van der Waals surface area contributed by atoms with Gasteiger partial charge in [0, 0.05) is 31.5 Å². The van der Waals surface area contributed by atoms with Crippen molar-refractivity contribution >= 4 is 5.91 Å². The summed E-state index contributed by atoms with van der Waals surface area (Å²) >= 11 is 0. The fraction of sp³-hybridized carbons (Fsp3) is 0.700. The maximum Gasteiger partial charge on any atom is 0.220 e. The number of carbonyl (C=O) groups excluding carboxylic acids is 1. The molecule has 3 nitrogen and oxygen atoms in total. The smallest absolute Gasteiger partial charge is 0.220 e. The average Bonchev–Trinajstić information content (AvgIpc) is 2.09. The van der Waals surface area contributed by atoms with Crippen LogP contribution in [0.3, 0.4) is 0 Å². The normalized spacial score (nSPS) is 27.8. The second-order valence-electron chi connectivity index (χ2n) is 3.41. The van der Waals surface area contributed by atoms with Crippen molar-refractivity contribution in [1.82, 2.24) is 10.6 Å². The van der Waals surface area contributed by atoms with Gasteiger partial charge in [-0.2, -0.15) is 0 Å². The van der Waals surface area contributed by atoms with Gasteiger partial charge in [-0.25, -0.2) is 0 Å². The molecule has 1 fully saturated rings. The molecule has 1 heterocycles. The molecule has 1 rings (SSSR count). The number of amides is 1. The lowest BCUT2D eigenvalue weighted by molar-refractivity contribution is -0.123. The molecule has 2 atom stereocenters. The van der Waals surface area contributed by atoms with E-state index >= 15 is 0 Å². The summed E-state index contributed by atoms with van der Waals surface area (Å²) in [6, 6.07) is 0.602. The summed E-state index contributed by atoms with van der Waals surface area (Å²) in [4.78, 5) is 11.0. The number of carbonyl (C=O) groups is 1. The zero-order chi connectivity index (χ0) is 9.68. The fourth-order valence-electron chi connectivity index (χ4n) is 1.57. The van der Waals surface area contributed by atoms with Gasteiger partial charge in [0.1, 0.15) is 0 Å². The summed E-state index contributed by atoms with van der Waals surface area (Å²) in [5.41, 5.74) is 0. The number of piperidine rings is 1. The summed E-state index contributed by atoms with van der Waals surface area (Å²) in [6.45, 7) is 2.85. The average molecular weight is 180 g/mol. The largest absolute Gasteiger partial charge is 0.352 e. The summed E-state index contributed by atoms with van der Waals surface area (Å²) in [5, 5.41) is 6.24. The molecule has 1 aliphatic rings. The minimum atomic E-state index is 0.155. The Morgan fingerprint density at radius 1 is 1.77 bits per heavy atom. The van der Waals surface area contributed by atoms with Gasteiger partial charge in [-0.05, 0) is 13.3 Å². The van der Waals surface area contributed by atoms with E-state index in [0.29, 0.717) is 12.5 Å². The van der Waals surface area contributed by atoms with Crippen LogP contribution < -0.4 is 10.6 Å². The Labute approximate surface area is 79.3 Å². The first-order chi connectivity index (χ1) is 6.24. The number of hydrogen-bond acceptors (Lipinski definition) is 2. The second-order valence-corrected chi connectivity index (χ2v) is 3.41. The van der Waals surface area contributed by atoms with Crippen molar-refractivity contribution in [3.05, 3.63) is 0 Å². The van der Waals surface area contributed by atoms with E-state index in [1.807, 2.05) is 6.92 Å².